The molecule has 0 radical (unpaired) electrons. The molecule has 0 saturated carbocycles. The Kier molecular flexibility index (Phi) is 3.96. The summed E-state index contributed by atoms with van der Waals surface area (Å²) < 4.78 is 26.5. The summed E-state index contributed by atoms with van der Waals surface area (Å²) >= 11 is 1.49. The number of sulfonamides is 1. The lowest BCUT2D eigenvalue weighted by Crippen LogP contribution is -2.55. The molecular weight excluding hydrogens is 342 g/mol. The topological polar surface area (TPSA) is 116 Å². The van der Waals surface area contributed by atoms with Gasteiger partial charge >= 0.3 is 5.97 Å². The number of thioether (sulfide) groups is 1. The van der Waals surface area contributed by atoms with Crippen molar-refractivity contribution in [1.82, 2.24) is 10.2 Å². The van der Waals surface area contributed by atoms with E-state index in [1.54, 1.807) is 4.90 Å². The summed E-state index contributed by atoms with van der Waals surface area (Å²) in [7, 11) is -3.45. The summed E-state index contributed by atoms with van der Waals surface area (Å²) in [5.74, 6) is -0.369. The van der Waals surface area contributed by atoms with Gasteiger partial charge in [0.05, 0.1) is 11.3 Å². The van der Waals surface area contributed by atoms with Crippen LogP contribution in [0.4, 0.5) is 0 Å². The zero-order valence-electron chi connectivity index (χ0n) is 12.1. The monoisotopic (exact) mass is 357 g/mol. The van der Waals surface area contributed by atoms with E-state index in [2.05, 4.69) is 9.71 Å². The fraction of sp³-hybridized carbons (Fsp3) is 0.462. The van der Waals surface area contributed by atoms with Gasteiger partial charge in [0.1, 0.15) is 11.4 Å². The maximum atomic E-state index is 12.4. The van der Waals surface area contributed by atoms with Gasteiger partial charge in [0.25, 0.3) is 15.9 Å². The van der Waals surface area contributed by atoms with Crippen molar-refractivity contribution in [3.8, 4) is 0 Å². The van der Waals surface area contributed by atoms with Crippen LogP contribution in [0.1, 0.15) is 6.42 Å². The van der Waals surface area contributed by atoms with E-state index in [9.17, 15) is 23.1 Å². The first-order valence-electron chi connectivity index (χ1n) is 6.94. The zero-order chi connectivity index (χ0) is 16.7. The Morgan fingerprint density at radius 2 is 2.17 bits per heavy atom. The fourth-order valence-electron chi connectivity index (χ4n) is 2.51. The molecule has 1 saturated heterocycles. The smallest absolute Gasteiger partial charge is 0.330 e. The highest BCUT2D eigenvalue weighted by atomic mass is 32.2. The Hall–Kier alpha value is -1.81. The molecule has 2 N–H and O–H groups in total. The van der Waals surface area contributed by atoms with E-state index < -0.39 is 27.4 Å². The number of aliphatic carboxylic acids is 1. The zero-order valence-corrected chi connectivity index (χ0v) is 13.7. The van der Waals surface area contributed by atoms with Crippen LogP contribution >= 0.6 is 11.8 Å². The van der Waals surface area contributed by atoms with E-state index in [0.717, 1.165) is 0 Å². The molecule has 3 aliphatic rings. The second-order valence-corrected chi connectivity index (χ2v) is 8.35. The number of nitrogens with one attached hydrogen (secondary N) is 1. The van der Waals surface area contributed by atoms with Crippen molar-refractivity contribution in [2.45, 2.75) is 12.0 Å². The van der Waals surface area contributed by atoms with Gasteiger partial charge in [0.2, 0.25) is 0 Å². The van der Waals surface area contributed by atoms with Crippen LogP contribution in [-0.4, -0.2) is 65.5 Å². The van der Waals surface area contributed by atoms with Gasteiger partial charge < -0.3 is 15.3 Å². The van der Waals surface area contributed by atoms with Crippen LogP contribution in [0.3, 0.4) is 0 Å². The summed E-state index contributed by atoms with van der Waals surface area (Å²) in [6.07, 6.45) is 4.77. The molecule has 1 atom stereocenters. The first-order chi connectivity index (χ1) is 10.8. The number of carbonyl (C=O) groups is 2. The molecule has 8 nitrogen and oxygen atoms in total. The highest BCUT2D eigenvalue weighted by Crippen LogP contribution is 2.29. The van der Waals surface area contributed by atoms with E-state index in [-0.39, 0.29) is 23.7 Å². The van der Waals surface area contributed by atoms with E-state index in [0.29, 0.717) is 17.9 Å². The molecule has 0 bridgehead atoms. The van der Waals surface area contributed by atoms with Gasteiger partial charge in [-0.3, -0.25) is 4.79 Å². The third-order valence-corrected chi connectivity index (χ3v) is 6.22. The molecule has 0 aromatic heterocycles. The van der Waals surface area contributed by atoms with Crippen LogP contribution in [0.25, 0.3) is 0 Å². The molecule has 1 fully saturated rings. The molecule has 1 unspecified atom stereocenters. The Balaban J connectivity index is 1.79. The summed E-state index contributed by atoms with van der Waals surface area (Å²) in [5, 5.41) is 12.0. The van der Waals surface area contributed by atoms with Crippen LogP contribution in [0.15, 0.2) is 28.3 Å². The quantitative estimate of drug-likeness (QED) is 0.703. The highest BCUT2D eigenvalue weighted by molar-refractivity contribution is 7.99. The number of hydrogen-bond acceptors (Lipinski definition) is 6. The molecule has 3 heterocycles. The van der Waals surface area contributed by atoms with Gasteiger partial charge in [-0.05, 0) is 24.3 Å². The van der Waals surface area contributed by atoms with Crippen LogP contribution in [0, 0.1) is 0 Å². The van der Waals surface area contributed by atoms with Crippen molar-refractivity contribution < 1.29 is 23.1 Å². The summed E-state index contributed by atoms with van der Waals surface area (Å²) in [6.45, 7) is 0.211. The maximum absolute atomic E-state index is 12.4. The summed E-state index contributed by atoms with van der Waals surface area (Å²) in [4.78, 5) is 25.4. The van der Waals surface area contributed by atoms with Crippen molar-refractivity contribution in [3.05, 3.63) is 23.9 Å². The lowest BCUT2D eigenvalue weighted by atomic mass is 9.98. The lowest BCUT2D eigenvalue weighted by Gasteiger charge is -2.29. The van der Waals surface area contributed by atoms with Crippen LogP contribution in [0.2, 0.25) is 0 Å². The molecule has 10 heteroatoms. The number of carboxylic acid groups (broad SMARTS) is 1. The summed E-state index contributed by atoms with van der Waals surface area (Å²) in [6, 6.07) is 0. The summed E-state index contributed by atoms with van der Waals surface area (Å²) in [5.41, 5.74) is -0.962. The van der Waals surface area contributed by atoms with Crippen LogP contribution < -0.4 is 5.32 Å². The van der Waals surface area contributed by atoms with Gasteiger partial charge in [-0.1, -0.05) is 0 Å². The highest BCUT2D eigenvalue weighted by Gasteiger charge is 2.43. The maximum Gasteiger partial charge on any atom is 0.330 e. The number of amidine groups is 1. The average molecular weight is 357 g/mol. The number of fused-ring (bicyclic) bond motifs is 1. The lowest BCUT2D eigenvalue weighted by molar-refractivity contribution is -0.145. The van der Waals surface area contributed by atoms with E-state index >= 15 is 0 Å². The van der Waals surface area contributed by atoms with E-state index in [4.69, 9.17) is 0 Å². The van der Waals surface area contributed by atoms with Crippen molar-refractivity contribution in [3.63, 3.8) is 0 Å². The average Bonchev–Trinajstić information content (AvgIpc) is 2.95. The van der Waals surface area contributed by atoms with Gasteiger partial charge in [-0.15, -0.1) is 4.40 Å². The number of amides is 1. The van der Waals surface area contributed by atoms with Crippen molar-refractivity contribution >= 4 is 39.5 Å². The van der Waals surface area contributed by atoms with E-state index in [1.165, 1.54) is 30.1 Å². The van der Waals surface area contributed by atoms with Gasteiger partial charge in [-0.2, -0.15) is 11.8 Å². The van der Waals surface area contributed by atoms with Crippen LogP contribution in [0.5, 0.6) is 0 Å². The minimum atomic E-state index is -3.45. The first-order valence-corrected chi connectivity index (χ1v) is 9.71. The van der Waals surface area contributed by atoms with E-state index in [1.807, 2.05) is 0 Å². The number of hydrogen-bond donors (Lipinski definition) is 2. The second-order valence-electron chi connectivity index (χ2n) is 5.49. The Morgan fingerprint density at radius 1 is 1.39 bits per heavy atom. The third kappa shape index (κ3) is 3.13. The van der Waals surface area contributed by atoms with Gasteiger partial charge in [0, 0.05) is 18.5 Å². The number of rotatable bonds is 3. The molecule has 0 aromatic rings. The normalized spacial score (nSPS) is 28.6. The van der Waals surface area contributed by atoms with Crippen molar-refractivity contribution in [2.24, 2.45) is 4.40 Å². The molecular formula is C13H15N3O5S2. The predicted octanol–water partition coefficient (Wildman–Crippen LogP) is -0.440. The van der Waals surface area contributed by atoms with Gasteiger partial charge in [0.15, 0.2) is 0 Å². The largest absolute Gasteiger partial charge is 0.479 e. The standard InChI is InChI=1S/C13H15N3O5S2/c17-11(14-13(12(18)19)3-5-22-8-13)9-1-2-10-15-23(20,21)6-4-16(10)7-9/h1-2,7H,3-6,8H2,(H,14,17)(H,18,19). The Morgan fingerprint density at radius 3 is 2.83 bits per heavy atom. The van der Waals surface area contributed by atoms with Crippen molar-refractivity contribution in [1.29, 1.82) is 0 Å². The molecule has 0 spiro atoms. The van der Waals surface area contributed by atoms with Crippen LogP contribution in [-0.2, 0) is 19.6 Å². The molecule has 1 amide bonds. The molecule has 23 heavy (non-hydrogen) atoms. The van der Waals surface area contributed by atoms with Crippen molar-refractivity contribution in [2.75, 3.05) is 23.8 Å². The SMILES string of the molecule is O=C(NC1(C(=O)O)CCSC1)C1=CN2CCS(=O)(=O)N=C2C=C1. The molecule has 124 valence electrons. The molecule has 3 rings (SSSR count). The molecule has 3 aliphatic heterocycles. The fourth-order valence-corrected chi connectivity index (χ4v) is 4.81. The molecule has 0 aliphatic carbocycles. The van der Waals surface area contributed by atoms with Gasteiger partial charge in [-0.25, -0.2) is 13.2 Å². The first kappa shape index (κ1) is 16.1. The predicted molar refractivity (Wildman–Crippen MR) is 85.6 cm³/mol. The minimum absolute atomic E-state index is 0.120. The Labute approximate surface area is 137 Å². The second kappa shape index (κ2) is 5.68. The number of nitrogens with zero attached hydrogens (tertiary/aromatic N) is 2. The number of carbonyl (C=O) groups excluding carboxylic acids is 1. The Bertz CT molecular complexity index is 748. The minimum Gasteiger partial charge on any atom is -0.479 e. The number of carboxylic acids is 1. The molecule has 0 aromatic carbocycles. The third-order valence-electron chi connectivity index (χ3n) is 3.87.